The first-order chi connectivity index (χ1) is 9.31. The minimum absolute atomic E-state index is 0.0676. The number of anilines is 1. The third-order valence-corrected chi connectivity index (χ3v) is 5.64. The summed E-state index contributed by atoms with van der Waals surface area (Å²) in [6.45, 7) is 3.71. The van der Waals surface area contributed by atoms with Crippen molar-refractivity contribution in [2.45, 2.75) is 45.2 Å². The lowest BCUT2D eigenvalue weighted by molar-refractivity contribution is 0.391. The van der Waals surface area contributed by atoms with E-state index in [9.17, 15) is 8.42 Å². The molecule has 1 aromatic rings. The minimum atomic E-state index is -3.46. The number of nitrogen functional groups attached to an aromatic ring is 1. The number of benzene rings is 1. The fourth-order valence-electron chi connectivity index (χ4n) is 2.50. The van der Waals surface area contributed by atoms with Gasteiger partial charge in [-0.3, -0.25) is 0 Å². The smallest absolute Gasteiger partial charge is 0.279 e. The van der Waals surface area contributed by atoms with Crippen molar-refractivity contribution in [3.05, 3.63) is 29.3 Å². The van der Waals surface area contributed by atoms with Crippen molar-refractivity contribution in [2.24, 2.45) is 0 Å². The SMILES string of the molecule is CC(C)N(C)S(=O)(=O)NC1CCCc2cc(N)ccc21. The third-order valence-electron chi connectivity index (χ3n) is 3.88. The molecule has 2 rings (SSSR count). The molecule has 20 heavy (non-hydrogen) atoms. The Bertz CT molecular complexity index is 584. The van der Waals surface area contributed by atoms with E-state index in [4.69, 9.17) is 5.73 Å². The Kier molecular flexibility index (Phi) is 4.36. The zero-order chi connectivity index (χ0) is 14.9. The maximum absolute atomic E-state index is 12.3. The first-order valence-electron chi connectivity index (χ1n) is 6.95. The molecule has 1 aliphatic carbocycles. The van der Waals surface area contributed by atoms with Gasteiger partial charge in [-0.1, -0.05) is 6.07 Å². The number of hydrogen-bond acceptors (Lipinski definition) is 3. The fraction of sp³-hybridized carbons (Fsp3) is 0.571. The molecule has 6 heteroatoms. The van der Waals surface area contributed by atoms with Crippen molar-refractivity contribution in [3.8, 4) is 0 Å². The Morgan fingerprint density at radius 2 is 2.10 bits per heavy atom. The molecule has 3 N–H and O–H groups in total. The summed E-state index contributed by atoms with van der Waals surface area (Å²) in [4.78, 5) is 0. The van der Waals surface area contributed by atoms with Crippen molar-refractivity contribution in [1.82, 2.24) is 9.03 Å². The maximum Gasteiger partial charge on any atom is 0.279 e. The van der Waals surface area contributed by atoms with Crippen LogP contribution in [-0.4, -0.2) is 25.8 Å². The van der Waals surface area contributed by atoms with E-state index in [-0.39, 0.29) is 12.1 Å². The van der Waals surface area contributed by atoms with E-state index in [1.807, 2.05) is 32.0 Å². The van der Waals surface area contributed by atoms with Crippen molar-refractivity contribution < 1.29 is 8.42 Å². The Morgan fingerprint density at radius 3 is 2.75 bits per heavy atom. The number of nitrogens with one attached hydrogen (secondary N) is 1. The summed E-state index contributed by atoms with van der Waals surface area (Å²) in [5, 5.41) is 0. The van der Waals surface area contributed by atoms with Gasteiger partial charge in [0.1, 0.15) is 0 Å². The molecule has 0 bridgehead atoms. The predicted molar refractivity (Wildman–Crippen MR) is 81.5 cm³/mol. The van der Waals surface area contributed by atoms with Crippen LogP contribution in [0.4, 0.5) is 5.69 Å². The van der Waals surface area contributed by atoms with Crippen molar-refractivity contribution in [3.63, 3.8) is 0 Å². The van der Waals surface area contributed by atoms with Crippen LogP contribution in [0.2, 0.25) is 0 Å². The number of hydrogen-bond donors (Lipinski definition) is 2. The molecule has 1 unspecified atom stereocenters. The van der Waals surface area contributed by atoms with E-state index in [1.165, 1.54) is 4.31 Å². The molecule has 0 aliphatic heterocycles. The summed E-state index contributed by atoms with van der Waals surface area (Å²) in [5.41, 5.74) is 8.72. The zero-order valence-electron chi connectivity index (χ0n) is 12.3. The van der Waals surface area contributed by atoms with Crippen LogP contribution in [0.25, 0.3) is 0 Å². The zero-order valence-corrected chi connectivity index (χ0v) is 13.1. The van der Waals surface area contributed by atoms with E-state index < -0.39 is 10.2 Å². The van der Waals surface area contributed by atoms with Crippen LogP contribution >= 0.6 is 0 Å². The van der Waals surface area contributed by atoms with E-state index in [2.05, 4.69) is 4.72 Å². The molecule has 0 aromatic heterocycles. The minimum Gasteiger partial charge on any atom is -0.399 e. The van der Waals surface area contributed by atoms with Gasteiger partial charge in [-0.05, 0) is 56.4 Å². The molecule has 5 nitrogen and oxygen atoms in total. The molecular formula is C14H23N3O2S. The topological polar surface area (TPSA) is 75.4 Å². The standard InChI is InChI=1S/C14H23N3O2S/c1-10(2)17(3)20(18,19)16-14-6-4-5-11-9-12(15)7-8-13(11)14/h7-10,14,16H,4-6,15H2,1-3H3. The summed E-state index contributed by atoms with van der Waals surface area (Å²) in [5.74, 6) is 0. The quantitative estimate of drug-likeness (QED) is 0.832. The molecule has 0 saturated carbocycles. The highest BCUT2D eigenvalue weighted by molar-refractivity contribution is 7.87. The molecule has 0 fully saturated rings. The van der Waals surface area contributed by atoms with E-state index in [0.29, 0.717) is 0 Å². The maximum atomic E-state index is 12.3. The van der Waals surface area contributed by atoms with Gasteiger partial charge in [-0.2, -0.15) is 17.4 Å². The van der Waals surface area contributed by atoms with Crippen molar-refractivity contribution in [1.29, 1.82) is 0 Å². The van der Waals surface area contributed by atoms with Gasteiger partial charge in [0.25, 0.3) is 10.2 Å². The summed E-state index contributed by atoms with van der Waals surface area (Å²) >= 11 is 0. The Hall–Kier alpha value is -1.11. The van der Waals surface area contributed by atoms with Crippen LogP contribution in [-0.2, 0) is 16.6 Å². The number of aryl methyl sites for hydroxylation is 1. The Labute approximate surface area is 121 Å². The average molecular weight is 297 g/mol. The lowest BCUT2D eigenvalue weighted by atomic mass is 9.88. The molecular weight excluding hydrogens is 274 g/mol. The van der Waals surface area contributed by atoms with Crippen LogP contribution in [0.3, 0.4) is 0 Å². The van der Waals surface area contributed by atoms with Gasteiger partial charge in [0.05, 0.1) is 0 Å². The first-order valence-corrected chi connectivity index (χ1v) is 8.39. The monoisotopic (exact) mass is 297 g/mol. The lowest BCUT2D eigenvalue weighted by Gasteiger charge is -2.29. The summed E-state index contributed by atoms with van der Waals surface area (Å²) in [6, 6.07) is 5.49. The number of nitrogens with zero attached hydrogens (tertiary/aromatic N) is 1. The number of nitrogens with two attached hydrogens (primary N) is 1. The molecule has 0 spiro atoms. The highest BCUT2D eigenvalue weighted by atomic mass is 32.2. The number of fused-ring (bicyclic) bond motifs is 1. The largest absolute Gasteiger partial charge is 0.399 e. The first kappa shape index (κ1) is 15.3. The highest BCUT2D eigenvalue weighted by Gasteiger charge is 2.28. The summed E-state index contributed by atoms with van der Waals surface area (Å²) in [6.07, 6.45) is 2.75. The fourth-order valence-corrected chi connectivity index (χ4v) is 3.82. The second-order valence-electron chi connectivity index (χ2n) is 5.64. The average Bonchev–Trinajstić information content (AvgIpc) is 2.37. The Balaban J connectivity index is 2.25. The van der Waals surface area contributed by atoms with Gasteiger partial charge in [-0.25, -0.2) is 0 Å². The molecule has 0 radical (unpaired) electrons. The van der Waals surface area contributed by atoms with Gasteiger partial charge in [0, 0.05) is 24.8 Å². The van der Waals surface area contributed by atoms with E-state index in [0.717, 1.165) is 36.1 Å². The molecule has 0 amide bonds. The summed E-state index contributed by atoms with van der Waals surface area (Å²) < 4.78 is 28.8. The van der Waals surface area contributed by atoms with Gasteiger partial charge in [0.2, 0.25) is 0 Å². The Morgan fingerprint density at radius 1 is 1.40 bits per heavy atom. The predicted octanol–water partition coefficient (Wildman–Crippen LogP) is 1.82. The van der Waals surface area contributed by atoms with Crippen LogP contribution in [0.1, 0.15) is 43.9 Å². The van der Waals surface area contributed by atoms with Gasteiger partial charge >= 0.3 is 0 Å². The number of rotatable bonds is 4. The second-order valence-corrected chi connectivity index (χ2v) is 7.40. The highest BCUT2D eigenvalue weighted by Crippen LogP contribution is 2.31. The summed E-state index contributed by atoms with van der Waals surface area (Å²) in [7, 11) is -1.86. The second kappa shape index (κ2) is 5.71. The molecule has 1 atom stereocenters. The lowest BCUT2D eigenvalue weighted by Crippen LogP contribution is -2.44. The van der Waals surface area contributed by atoms with Gasteiger partial charge in [-0.15, -0.1) is 0 Å². The van der Waals surface area contributed by atoms with E-state index in [1.54, 1.807) is 7.05 Å². The van der Waals surface area contributed by atoms with Crippen LogP contribution in [0, 0.1) is 0 Å². The molecule has 1 aliphatic rings. The van der Waals surface area contributed by atoms with Crippen LogP contribution in [0.15, 0.2) is 18.2 Å². The van der Waals surface area contributed by atoms with Crippen molar-refractivity contribution >= 4 is 15.9 Å². The van der Waals surface area contributed by atoms with E-state index >= 15 is 0 Å². The molecule has 112 valence electrons. The normalized spacial score (nSPS) is 19.4. The molecule has 0 heterocycles. The van der Waals surface area contributed by atoms with Crippen molar-refractivity contribution in [2.75, 3.05) is 12.8 Å². The van der Waals surface area contributed by atoms with Crippen LogP contribution in [0.5, 0.6) is 0 Å². The van der Waals surface area contributed by atoms with Gasteiger partial charge < -0.3 is 5.73 Å². The third kappa shape index (κ3) is 3.13. The van der Waals surface area contributed by atoms with Crippen LogP contribution < -0.4 is 10.5 Å². The molecule has 0 saturated heterocycles. The molecule has 1 aromatic carbocycles. The van der Waals surface area contributed by atoms with Gasteiger partial charge in [0.15, 0.2) is 0 Å².